The van der Waals surface area contributed by atoms with Crippen molar-refractivity contribution in [3.8, 4) is 5.75 Å². The van der Waals surface area contributed by atoms with Gasteiger partial charge in [-0.1, -0.05) is 15.9 Å². The van der Waals surface area contributed by atoms with Gasteiger partial charge >= 0.3 is 0 Å². The van der Waals surface area contributed by atoms with Crippen LogP contribution in [0.4, 0.5) is 0 Å². The van der Waals surface area contributed by atoms with Crippen LogP contribution in [0.5, 0.6) is 5.75 Å². The van der Waals surface area contributed by atoms with E-state index >= 15 is 0 Å². The zero-order valence-electron chi connectivity index (χ0n) is 11.2. The second-order valence-electron chi connectivity index (χ2n) is 5.41. The second kappa shape index (κ2) is 5.81. The average molecular weight is 326 g/mol. The lowest BCUT2D eigenvalue weighted by Gasteiger charge is -2.21. The van der Waals surface area contributed by atoms with E-state index in [-0.39, 0.29) is 6.10 Å². The monoisotopic (exact) mass is 325 g/mol. The number of rotatable bonds is 5. The predicted molar refractivity (Wildman–Crippen MR) is 78.5 cm³/mol. The van der Waals surface area contributed by atoms with E-state index in [1.54, 1.807) is 7.11 Å². The zero-order chi connectivity index (χ0) is 13.2. The van der Waals surface area contributed by atoms with Crippen molar-refractivity contribution in [1.82, 2.24) is 5.32 Å². The SMILES string of the molecule is COc1ccc(Br)c(C2OCCC2CNC2CC2)c1. The Morgan fingerprint density at radius 2 is 2.21 bits per heavy atom. The molecule has 0 spiro atoms. The maximum Gasteiger partial charge on any atom is 0.119 e. The van der Waals surface area contributed by atoms with Gasteiger partial charge in [0.15, 0.2) is 0 Å². The highest BCUT2D eigenvalue weighted by atomic mass is 79.9. The summed E-state index contributed by atoms with van der Waals surface area (Å²) in [6.07, 6.45) is 3.98. The molecule has 1 heterocycles. The number of hydrogen-bond acceptors (Lipinski definition) is 3. The van der Waals surface area contributed by atoms with Gasteiger partial charge in [0.1, 0.15) is 5.75 Å². The van der Waals surface area contributed by atoms with Crippen LogP contribution < -0.4 is 10.1 Å². The van der Waals surface area contributed by atoms with E-state index in [1.807, 2.05) is 12.1 Å². The Bertz CT molecular complexity index is 448. The van der Waals surface area contributed by atoms with Crippen molar-refractivity contribution in [3.63, 3.8) is 0 Å². The minimum Gasteiger partial charge on any atom is -0.497 e. The third-order valence-corrected chi connectivity index (χ3v) is 4.69. The highest BCUT2D eigenvalue weighted by Crippen LogP contribution is 2.39. The lowest BCUT2D eigenvalue weighted by atomic mass is 9.95. The van der Waals surface area contributed by atoms with E-state index in [1.165, 1.54) is 18.4 Å². The summed E-state index contributed by atoms with van der Waals surface area (Å²) in [5.74, 6) is 1.45. The molecule has 1 saturated heterocycles. The summed E-state index contributed by atoms with van der Waals surface area (Å²) in [4.78, 5) is 0. The minimum atomic E-state index is 0.177. The molecular weight excluding hydrogens is 306 g/mol. The van der Waals surface area contributed by atoms with Crippen LogP contribution in [0.3, 0.4) is 0 Å². The lowest BCUT2D eigenvalue weighted by molar-refractivity contribution is 0.0897. The molecule has 104 valence electrons. The molecule has 2 fully saturated rings. The van der Waals surface area contributed by atoms with Gasteiger partial charge in [-0.2, -0.15) is 0 Å². The molecule has 2 aliphatic rings. The number of hydrogen-bond donors (Lipinski definition) is 1. The van der Waals surface area contributed by atoms with Crippen molar-refractivity contribution in [1.29, 1.82) is 0 Å². The Morgan fingerprint density at radius 3 is 2.95 bits per heavy atom. The van der Waals surface area contributed by atoms with Crippen molar-refractivity contribution < 1.29 is 9.47 Å². The first-order chi connectivity index (χ1) is 9.28. The molecule has 1 N–H and O–H groups in total. The number of ether oxygens (including phenoxy) is 2. The Labute approximate surface area is 122 Å². The van der Waals surface area contributed by atoms with E-state index in [0.29, 0.717) is 5.92 Å². The van der Waals surface area contributed by atoms with Gasteiger partial charge < -0.3 is 14.8 Å². The maximum absolute atomic E-state index is 5.96. The summed E-state index contributed by atoms with van der Waals surface area (Å²) in [7, 11) is 1.70. The molecule has 1 aromatic carbocycles. The van der Waals surface area contributed by atoms with Crippen LogP contribution in [-0.4, -0.2) is 26.3 Å². The van der Waals surface area contributed by atoms with E-state index in [9.17, 15) is 0 Å². The summed E-state index contributed by atoms with van der Waals surface area (Å²) >= 11 is 3.63. The largest absolute Gasteiger partial charge is 0.497 e. The van der Waals surface area contributed by atoms with Crippen molar-refractivity contribution in [2.24, 2.45) is 5.92 Å². The molecule has 2 unspecified atom stereocenters. The van der Waals surface area contributed by atoms with Gasteiger partial charge in [0.2, 0.25) is 0 Å². The van der Waals surface area contributed by atoms with Crippen LogP contribution in [0.2, 0.25) is 0 Å². The molecule has 3 rings (SSSR count). The Morgan fingerprint density at radius 1 is 1.37 bits per heavy atom. The highest BCUT2D eigenvalue weighted by Gasteiger charge is 2.32. The Hall–Kier alpha value is -0.580. The Balaban J connectivity index is 1.74. The minimum absolute atomic E-state index is 0.177. The predicted octanol–water partition coefficient (Wildman–Crippen LogP) is 3.29. The first-order valence-electron chi connectivity index (χ1n) is 6.96. The van der Waals surface area contributed by atoms with E-state index in [4.69, 9.17) is 9.47 Å². The molecule has 19 heavy (non-hydrogen) atoms. The fourth-order valence-corrected chi connectivity index (χ4v) is 3.13. The fraction of sp³-hybridized carbons (Fsp3) is 0.600. The van der Waals surface area contributed by atoms with Gasteiger partial charge in [0, 0.05) is 29.6 Å². The van der Waals surface area contributed by atoms with Crippen LogP contribution in [-0.2, 0) is 4.74 Å². The topological polar surface area (TPSA) is 30.5 Å². The summed E-state index contributed by atoms with van der Waals surface area (Å²) in [6.45, 7) is 1.91. The highest BCUT2D eigenvalue weighted by molar-refractivity contribution is 9.10. The molecule has 1 aliphatic carbocycles. The van der Waals surface area contributed by atoms with E-state index in [0.717, 1.165) is 35.8 Å². The number of halogens is 1. The maximum atomic E-state index is 5.96. The average Bonchev–Trinajstić information content (AvgIpc) is 3.15. The van der Waals surface area contributed by atoms with Crippen molar-refractivity contribution >= 4 is 15.9 Å². The molecule has 1 saturated carbocycles. The third-order valence-electron chi connectivity index (χ3n) is 3.97. The molecular formula is C15H20BrNO2. The van der Waals surface area contributed by atoms with Crippen LogP contribution in [0, 0.1) is 5.92 Å². The molecule has 2 atom stereocenters. The number of nitrogens with one attached hydrogen (secondary N) is 1. The zero-order valence-corrected chi connectivity index (χ0v) is 12.8. The van der Waals surface area contributed by atoms with Gasteiger partial charge in [-0.15, -0.1) is 0 Å². The second-order valence-corrected chi connectivity index (χ2v) is 6.26. The van der Waals surface area contributed by atoms with Crippen LogP contribution >= 0.6 is 15.9 Å². The normalized spacial score (nSPS) is 26.6. The van der Waals surface area contributed by atoms with Crippen LogP contribution in [0.15, 0.2) is 22.7 Å². The quantitative estimate of drug-likeness (QED) is 0.901. The van der Waals surface area contributed by atoms with Gasteiger partial charge in [0.25, 0.3) is 0 Å². The van der Waals surface area contributed by atoms with Crippen LogP contribution in [0.25, 0.3) is 0 Å². The molecule has 4 heteroatoms. The summed E-state index contributed by atoms with van der Waals surface area (Å²) in [5, 5.41) is 3.62. The van der Waals surface area contributed by atoms with Gasteiger partial charge in [-0.05, 0) is 43.0 Å². The van der Waals surface area contributed by atoms with Crippen LogP contribution in [0.1, 0.15) is 30.9 Å². The third kappa shape index (κ3) is 3.12. The Kier molecular flexibility index (Phi) is 4.10. The summed E-state index contributed by atoms with van der Waals surface area (Å²) < 4.78 is 12.4. The summed E-state index contributed by atoms with van der Waals surface area (Å²) in [6, 6.07) is 6.86. The number of methoxy groups -OCH3 is 1. The summed E-state index contributed by atoms with van der Waals surface area (Å²) in [5.41, 5.74) is 1.21. The van der Waals surface area contributed by atoms with Gasteiger partial charge in [-0.25, -0.2) is 0 Å². The van der Waals surface area contributed by atoms with Crippen molar-refractivity contribution in [2.45, 2.75) is 31.4 Å². The molecule has 0 amide bonds. The molecule has 1 aromatic rings. The van der Waals surface area contributed by atoms with Gasteiger partial charge in [-0.3, -0.25) is 0 Å². The number of benzene rings is 1. The van der Waals surface area contributed by atoms with Crippen molar-refractivity contribution in [2.75, 3.05) is 20.3 Å². The standard InChI is InChI=1S/C15H20BrNO2/c1-18-12-4-5-14(16)13(8-12)15-10(6-7-19-15)9-17-11-2-3-11/h4-5,8,10-11,15,17H,2-3,6-7,9H2,1H3. The smallest absolute Gasteiger partial charge is 0.119 e. The molecule has 0 bridgehead atoms. The molecule has 0 radical (unpaired) electrons. The van der Waals surface area contributed by atoms with Gasteiger partial charge in [0.05, 0.1) is 13.2 Å². The van der Waals surface area contributed by atoms with E-state index < -0.39 is 0 Å². The van der Waals surface area contributed by atoms with E-state index in [2.05, 4.69) is 27.3 Å². The first kappa shape index (κ1) is 13.4. The lowest BCUT2D eigenvalue weighted by Crippen LogP contribution is -2.26. The fourth-order valence-electron chi connectivity index (χ4n) is 2.66. The molecule has 1 aliphatic heterocycles. The molecule has 3 nitrogen and oxygen atoms in total. The first-order valence-corrected chi connectivity index (χ1v) is 7.75. The van der Waals surface area contributed by atoms with Crippen molar-refractivity contribution in [3.05, 3.63) is 28.2 Å². The molecule has 0 aromatic heterocycles.